The third-order valence-electron chi connectivity index (χ3n) is 3.94. The van der Waals surface area contributed by atoms with E-state index in [0.29, 0.717) is 28.9 Å². The number of hydrogen-bond donors (Lipinski definition) is 1. The highest BCUT2D eigenvalue weighted by Gasteiger charge is 2.37. The fourth-order valence-corrected chi connectivity index (χ4v) is 2.99. The van der Waals surface area contributed by atoms with E-state index in [4.69, 9.17) is 38.4 Å². The molecule has 2 aromatic carbocycles. The van der Waals surface area contributed by atoms with Crippen molar-refractivity contribution in [1.82, 2.24) is 0 Å². The van der Waals surface area contributed by atoms with Crippen LogP contribution < -0.4 is 10.5 Å². The molecule has 0 atom stereocenters. The molecule has 1 aliphatic heterocycles. The lowest BCUT2D eigenvalue weighted by atomic mass is 9.86. The number of rotatable bonds is 3. The van der Waals surface area contributed by atoms with Crippen LogP contribution in [0.25, 0.3) is 0 Å². The Morgan fingerprint density at radius 2 is 1.64 bits per heavy atom. The van der Waals surface area contributed by atoms with E-state index in [0.717, 1.165) is 24.2 Å². The van der Waals surface area contributed by atoms with E-state index in [2.05, 4.69) is 0 Å². The summed E-state index contributed by atoms with van der Waals surface area (Å²) in [6.07, 6.45) is 1.52. The quantitative estimate of drug-likeness (QED) is 0.828. The van der Waals surface area contributed by atoms with Gasteiger partial charge in [-0.25, -0.2) is 0 Å². The first-order chi connectivity index (χ1) is 10.6. The molecule has 1 heterocycles. The molecular weight excluding hydrogens is 321 g/mol. The monoisotopic (exact) mass is 337 g/mol. The Bertz CT molecular complexity index is 652. The van der Waals surface area contributed by atoms with Crippen LogP contribution in [0.1, 0.15) is 18.4 Å². The van der Waals surface area contributed by atoms with Crippen molar-refractivity contribution in [1.29, 1.82) is 0 Å². The van der Waals surface area contributed by atoms with E-state index < -0.39 is 5.60 Å². The Kier molecular flexibility index (Phi) is 4.48. The summed E-state index contributed by atoms with van der Waals surface area (Å²) < 4.78 is 11.8. The summed E-state index contributed by atoms with van der Waals surface area (Å²) in [5.41, 5.74) is 7.00. The Balaban J connectivity index is 1.96. The number of nitrogens with two attached hydrogens (primary N) is 1. The standard InChI is InChI=1S/C17H17Cl2NO2/c18-15-6-1-12(11-16(15)19)17(7-9-21-10-8-17)22-14-4-2-13(20)3-5-14/h1-6,11H,7-10,20H2. The van der Waals surface area contributed by atoms with Crippen LogP contribution in [0.4, 0.5) is 5.69 Å². The highest BCUT2D eigenvalue weighted by atomic mass is 35.5. The van der Waals surface area contributed by atoms with Crippen molar-refractivity contribution in [2.45, 2.75) is 18.4 Å². The van der Waals surface area contributed by atoms with E-state index in [1.165, 1.54) is 0 Å². The number of nitrogen functional groups attached to an aromatic ring is 1. The SMILES string of the molecule is Nc1ccc(OC2(c3ccc(Cl)c(Cl)c3)CCOCC2)cc1. The van der Waals surface area contributed by atoms with Crippen LogP contribution in [-0.4, -0.2) is 13.2 Å². The molecule has 2 N–H and O–H groups in total. The Hall–Kier alpha value is -1.42. The summed E-state index contributed by atoms with van der Waals surface area (Å²) >= 11 is 12.2. The van der Waals surface area contributed by atoms with Gasteiger partial charge in [0.2, 0.25) is 0 Å². The molecule has 1 saturated heterocycles. The molecule has 0 saturated carbocycles. The summed E-state index contributed by atoms with van der Waals surface area (Å²) in [5.74, 6) is 0.780. The van der Waals surface area contributed by atoms with E-state index >= 15 is 0 Å². The maximum Gasteiger partial charge on any atom is 0.138 e. The lowest BCUT2D eigenvalue weighted by Gasteiger charge is -2.38. The smallest absolute Gasteiger partial charge is 0.138 e. The predicted molar refractivity (Wildman–Crippen MR) is 89.7 cm³/mol. The molecule has 22 heavy (non-hydrogen) atoms. The van der Waals surface area contributed by atoms with Crippen LogP contribution in [0.15, 0.2) is 42.5 Å². The molecule has 0 amide bonds. The van der Waals surface area contributed by atoms with Gasteiger partial charge in [-0.3, -0.25) is 0 Å². The average molecular weight is 338 g/mol. The molecule has 3 rings (SSSR count). The van der Waals surface area contributed by atoms with Crippen LogP contribution >= 0.6 is 23.2 Å². The predicted octanol–water partition coefficient (Wildman–Crippen LogP) is 4.66. The van der Waals surface area contributed by atoms with E-state index in [9.17, 15) is 0 Å². The zero-order valence-corrected chi connectivity index (χ0v) is 13.5. The van der Waals surface area contributed by atoms with Crippen LogP contribution in [-0.2, 0) is 10.3 Å². The zero-order chi connectivity index (χ0) is 15.6. The summed E-state index contributed by atoms with van der Waals surface area (Å²) in [6.45, 7) is 1.30. The van der Waals surface area contributed by atoms with Gasteiger partial charge in [0, 0.05) is 18.5 Å². The van der Waals surface area contributed by atoms with E-state index in [-0.39, 0.29) is 0 Å². The minimum atomic E-state index is -0.456. The summed E-state index contributed by atoms with van der Waals surface area (Å²) in [5, 5.41) is 1.08. The number of halogens is 2. The van der Waals surface area contributed by atoms with Crippen molar-refractivity contribution in [3.8, 4) is 5.75 Å². The summed E-state index contributed by atoms with van der Waals surface area (Å²) in [4.78, 5) is 0. The molecule has 116 valence electrons. The molecule has 0 spiro atoms. The van der Waals surface area contributed by atoms with Gasteiger partial charge in [-0.15, -0.1) is 0 Å². The highest BCUT2D eigenvalue weighted by molar-refractivity contribution is 6.42. The van der Waals surface area contributed by atoms with Crippen LogP contribution in [0, 0.1) is 0 Å². The molecule has 2 aromatic rings. The third kappa shape index (κ3) is 3.17. The maximum absolute atomic E-state index is 6.34. The summed E-state index contributed by atoms with van der Waals surface area (Å²) in [6, 6.07) is 13.1. The molecule has 0 aromatic heterocycles. The topological polar surface area (TPSA) is 44.5 Å². The van der Waals surface area contributed by atoms with Crippen molar-refractivity contribution < 1.29 is 9.47 Å². The second-order valence-corrected chi connectivity index (χ2v) is 6.22. The molecule has 1 fully saturated rings. The van der Waals surface area contributed by atoms with Crippen LogP contribution in [0.5, 0.6) is 5.75 Å². The van der Waals surface area contributed by atoms with Gasteiger partial charge in [-0.1, -0.05) is 29.3 Å². The fraction of sp³-hybridized carbons (Fsp3) is 0.294. The third-order valence-corrected chi connectivity index (χ3v) is 4.68. The Morgan fingerprint density at radius 1 is 0.955 bits per heavy atom. The van der Waals surface area contributed by atoms with Crippen LogP contribution in [0.3, 0.4) is 0 Å². The highest BCUT2D eigenvalue weighted by Crippen LogP contribution is 2.39. The van der Waals surface area contributed by atoms with Gasteiger partial charge < -0.3 is 15.2 Å². The first-order valence-electron chi connectivity index (χ1n) is 7.17. The largest absolute Gasteiger partial charge is 0.482 e. The van der Waals surface area contributed by atoms with Crippen molar-refractivity contribution in [3.63, 3.8) is 0 Å². The number of anilines is 1. The minimum Gasteiger partial charge on any atom is -0.482 e. The molecule has 5 heteroatoms. The second-order valence-electron chi connectivity index (χ2n) is 5.41. The molecule has 0 radical (unpaired) electrons. The average Bonchev–Trinajstić information content (AvgIpc) is 2.53. The first kappa shape index (κ1) is 15.5. The van der Waals surface area contributed by atoms with Gasteiger partial charge in [-0.05, 0) is 42.0 Å². The minimum absolute atomic E-state index is 0.456. The number of hydrogen-bond acceptors (Lipinski definition) is 3. The Labute approximate surface area is 139 Å². The normalized spacial score (nSPS) is 17.2. The van der Waals surface area contributed by atoms with Gasteiger partial charge in [0.25, 0.3) is 0 Å². The van der Waals surface area contributed by atoms with Crippen molar-refractivity contribution in [2.24, 2.45) is 0 Å². The lowest BCUT2D eigenvalue weighted by molar-refractivity contribution is -0.0500. The van der Waals surface area contributed by atoms with Crippen LogP contribution in [0.2, 0.25) is 10.0 Å². The van der Waals surface area contributed by atoms with E-state index in [1.54, 1.807) is 0 Å². The second kappa shape index (κ2) is 6.37. The maximum atomic E-state index is 6.34. The van der Waals surface area contributed by atoms with Gasteiger partial charge in [0.05, 0.1) is 23.3 Å². The molecule has 0 unspecified atom stereocenters. The molecule has 3 nitrogen and oxygen atoms in total. The number of benzene rings is 2. The summed E-state index contributed by atoms with van der Waals surface area (Å²) in [7, 11) is 0. The zero-order valence-electron chi connectivity index (χ0n) is 12.0. The molecule has 1 aliphatic rings. The lowest BCUT2D eigenvalue weighted by Crippen LogP contribution is -2.39. The van der Waals surface area contributed by atoms with Gasteiger partial charge in [-0.2, -0.15) is 0 Å². The van der Waals surface area contributed by atoms with Gasteiger partial charge in [0.15, 0.2) is 0 Å². The first-order valence-corrected chi connectivity index (χ1v) is 7.92. The number of ether oxygens (including phenoxy) is 2. The molecule has 0 bridgehead atoms. The van der Waals surface area contributed by atoms with Crippen molar-refractivity contribution in [3.05, 3.63) is 58.1 Å². The van der Waals surface area contributed by atoms with Gasteiger partial charge in [0.1, 0.15) is 11.4 Å². The van der Waals surface area contributed by atoms with Gasteiger partial charge >= 0.3 is 0 Å². The van der Waals surface area contributed by atoms with E-state index in [1.807, 2.05) is 42.5 Å². The Morgan fingerprint density at radius 3 is 2.27 bits per heavy atom. The van der Waals surface area contributed by atoms with Crippen molar-refractivity contribution >= 4 is 28.9 Å². The van der Waals surface area contributed by atoms with Crippen molar-refractivity contribution in [2.75, 3.05) is 18.9 Å². The fourth-order valence-electron chi connectivity index (χ4n) is 2.69. The molecular formula is C17H17Cl2NO2. The molecule has 0 aliphatic carbocycles.